The van der Waals surface area contributed by atoms with Gasteiger partial charge in [0.15, 0.2) is 16.3 Å². The lowest BCUT2D eigenvalue weighted by molar-refractivity contribution is 0.519. The highest BCUT2D eigenvalue weighted by Crippen LogP contribution is 2.24. The van der Waals surface area contributed by atoms with Gasteiger partial charge in [0, 0.05) is 19.3 Å². The first-order valence-electron chi connectivity index (χ1n) is 15.9. The number of nitrogens with one attached hydrogen (secondary N) is 1. The Morgan fingerprint density at radius 1 is 0.658 bits per heavy atom. The summed E-state index contributed by atoms with van der Waals surface area (Å²) in [6.45, 7) is 5.32. The molecule has 0 aliphatic carbocycles. The molecule has 0 radical (unpaired) electrons. The maximum Gasteiger partial charge on any atom is 0.329 e. The molecule has 2 heterocycles. The van der Waals surface area contributed by atoms with Gasteiger partial charge in [-0.25, -0.2) is 9.78 Å². The van der Waals surface area contributed by atoms with Crippen molar-refractivity contribution >= 4 is 22.9 Å². The van der Waals surface area contributed by atoms with Gasteiger partial charge in [-0.2, -0.15) is 0 Å². The Labute approximate surface area is 235 Å². The smallest absolute Gasteiger partial charge is 0.313 e. The third-order valence-electron chi connectivity index (χ3n) is 7.69. The molecule has 7 heteroatoms. The second-order valence-electron chi connectivity index (χ2n) is 11.1. The van der Waals surface area contributed by atoms with E-state index in [0.717, 1.165) is 30.3 Å². The predicted octanol–water partition coefficient (Wildman–Crippen LogP) is 8.75. The molecule has 6 nitrogen and oxygen atoms in total. The zero-order valence-electron chi connectivity index (χ0n) is 24.8. The first kappa shape index (κ1) is 32.7. The van der Waals surface area contributed by atoms with Crippen molar-refractivity contribution in [3.8, 4) is 0 Å². The van der Waals surface area contributed by atoms with Crippen LogP contribution in [0, 0.1) is 0 Å². The Balaban J connectivity index is 1.74. The number of hydrogen-bond acceptors (Lipinski definition) is 4. The quantitative estimate of drug-likeness (QED) is 0.105. The van der Waals surface area contributed by atoms with E-state index in [1.165, 1.54) is 127 Å². The highest BCUT2D eigenvalue weighted by molar-refractivity contribution is 7.99. The fourth-order valence-corrected chi connectivity index (χ4v) is 6.24. The lowest BCUT2D eigenvalue weighted by Crippen LogP contribution is -2.29. The summed E-state index contributed by atoms with van der Waals surface area (Å²) in [5, 5.41) is 0.882. The van der Waals surface area contributed by atoms with Gasteiger partial charge in [0.2, 0.25) is 0 Å². The van der Waals surface area contributed by atoms with E-state index in [2.05, 4.69) is 23.4 Å². The summed E-state index contributed by atoms with van der Waals surface area (Å²) >= 11 is 1.73. The van der Waals surface area contributed by atoms with E-state index in [1.54, 1.807) is 18.8 Å². The molecule has 0 atom stereocenters. The molecule has 0 aliphatic rings. The molecule has 1 N–H and O–H groups in total. The maximum absolute atomic E-state index is 12.7. The SMILES string of the molecule is CCCCCCCCCCCCCCCCn1c(SCCCCCCCCC)nc2c1c(=O)[nH]c(=O)n2C. The van der Waals surface area contributed by atoms with Crippen LogP contribution in [0.3, 0.4) is 0 Å². The fraction of sp³-hybridized carbons (Fsp3) is 0.839. The van der Waals surface area contributed by atoms with E-state index in [0.29, 0.717) is 11.2 Å². The van der Waals surface area contributed by atoms with Crippen LogP contribution in [0.25, 0.3) is 11.2 Å². The molecule has 0 bridgehead atoms. The monoisotopic (exact) mass is 548 g/mol. The maximum atomic E-state index is 12.7. The number of nitrogens with zero attached hydrogens (tertiary/aromatic N) is 3. The number of imidazole rings is 1. The molecule has 218 valence electrons. The Kier molecular flexibility index (Phi) is 17.6. The van der Waals surface area contributed by atoms with Crippen LogP contribution in [0.1, 0.15) is 149 Å². The summed E-state index contributed by atoms with van der Waals surface area (Å²) in [6, 6.07) is 0. The second kappa shape index (κ2) is 20.4. The van der Waals surface area contributed by atoms with Gasteiger partial charge in [-0.1, -0.05) is 148 Å². The summed E-state index contributed by atoms with van der Waals surface area (Å²) < 4.78 is 3.54. The van der Waals surface area contributed by atoms with Crippen molar-refractivity contribution in [2.45, 2.75) is 160 Å². The van der Waals surface area contributed by atoms with Crippen LogP contribution in [0.4, 0.5) is 0 Å². The van der Waals surface area contributed by atoms with Gasteiger partial charge >= 0.3 is 5.69 Å². The first-order chi connectivity index (χ1) is 18.6. The molecule has 0 amide bonds. The van der Waals surface area contributed by atoms with Crippen LogP contribution >= 0.6 is 11.8 Å². The highest BCUT2D eigenvalue weighted by atomic mass is 32.2. The number of aromatic amines is 1. The lowest BCUT2D eigenvalue weighted by Gasteiger charge is -2.09. The van der Waals surface area contributed by atoms with Crippen LogP contribution in [-0.4, -0.2) is 24.9 Å². The van der Waals surface area contributed by atoms with E-state index in [-0.39, 0.29) is 5.56 Å². The third kappa shape index (κ3) is 12.1. The summed E-state index contributed by atoms with van der Waals surface area (Å²) in [5.74, 6) is 1.00. The summed E-state index contributed by atoms with van der Waals surface area (Å²) in [6.07, 6.45) is 27.6. The minimum Gasteiger partial charge on any atom is -0.313 e. The van der Waals surface area contributed by atoms with Crippen molar-refractivity contribution in [3.05, 3.63) is 20.8 Å². The van der Waals surface area contributed by atoms with Gasteiger partial charge < -0.3 is 4.57 Å². The molecule has 0 aliphatic heterocycles. The summed E-state index contributed by atoms with van der Waals surface area (Å²) in [5.41, 5.74) is 0.339. The normalized spacial score (nSPS) is 11.7. The number of unbranched alkanes of at least 4 members (excludes halogenated alkanes) is 19. The average Bonchev–Trinajstić information content (AvgIpc) is 3.28. The minimum absolute atomic E-state index is 0.316. The van der Waals surface area contributed by atoms with Gasteiger partial charge in [0.25, 0.3) is 5.56 Å². The van der Waals surface area contributed by atoms with Crippen molar-refractivity contribution in [1.82, 2.24) is 19.1 Å². The van der Waals surface area contributed by atoms with Gasteiger partial charge in [-0.3, -0.25) is 14.3 Å². The van der Waals surface area contributed by atoms with Crippen molar-refractivity contribution < 1.29 is 0 Å². The molecule has 0 fully saturated rings. The van der Waals surface area contributed by atoms with Crippen molar-refractivity contribution in [2.24, 2.45) is 7.05 Å². The average molecular weight is 549 g/mol. The first-order valence-corrected chi connectivity index (χ1v) is 16.9. The predicted molar refractivity (Wildman–Crippen MR) is 165 cm³/mol. The minimum atomic E-state index is -0.396. The molecule has 0 saturated heterocycles. The van der Waals surface area contributed by atoms with Gasteiger partial charge in [-0.05, 0) is 12.8 Å². The van der Waals surface area contributed by atoms with E-state index >= 15 is 0 Å². The molecule has 2 aromatic heterocycles. The number of fused-ring (bicyclic) bond motifs is 1. The Hall–Kier alpha value is -1.50. The molecule has 0 saturated carbocycles. The van der Waals surface area contributed by atoms with E-state index in [9.17, 15) is 9.59 Å². The van der Waals surface area contributed by atoms with Crippen LogP contribution < -0.4 is 11.2 Å². The van der Waals surface area contributed by atoms with Crippen LogP contribution in [0.2, 0.25) is 0 Å². The largest absolute Gasteiger partial charge is 0.329 e. The Morgan fingerprint density at radius 2 is 1.11 bits per heavy atom. The third-order valence-corrected chi connectivity index (χ3v) is 8.75. The zero-order valence-corrected chi connectivity index (χ0v) is 25.6. The van der Waals surface area contributed by atoms with Crippen LogP contribution in [0.15, 0.2) is 14.7 Å². The number of rotatable bonds is 24. The molecular formula is C31H56N4O2S. The molecule has 0 unspecified atom stereocenters. The molecular weight excluding hydrogens is 492 g/mol. The lowest BCUT2D eigenvalue weighted by atomic mass is 10.0. The zero-order chi connectivity index (χ0) is 27.4. The number of H-pyrrole nitrogens is 1. The second-order valence-corrected chi connectivity index (χ2v) is 12.2. The molecule has 2 rings (SSSR count). The van der Waals surface area contributed by atoms with E-state index in [1.807, 2.05) is 0 Å². The van der Waals surface area contributed by atoms with Crippen LogP contribution in [-0.2, 0) is 13.6 Å². The Bertz CT molecular complexity index is 994. The van der Waals surface area contributed by atoms with Crippen molar-refractivity contribution in [3.63, 3.8) is 0 Å². The van der Waals surface area contributed by atoms with Crippen molar-refractivity contribution in [1.29, 1.82) is 0 Å². The van der Waals surface area contributed by atoms with E-state index < -0.39 is 5.69 Å². The van der Waals surface area contributed by atoms with Gasteiger partial charge in [-0.15, -0.1) is 0 Å². The van der Waals surface area contributed by atoms with Gasteiger partial charge in [0.1, 0.15) is 0 Å². The molecule has 2 aromatic rings. The fourth-order valence-electron chi connectivity index (χ4n) is 5.22. The molecule has 38 heavy (non-hydrogen) atoms. The van der Waals surface area contributed by atoms with E-state index in [4.69, 9.17) is 4.98 Å². The molecule has 0 aromatic carbocycles. The number of thioether (sulfide) groups is 1. The Morgan fingerprint density at radius 3 is 1.61 bits per heavy atom. The molecule has 0 spiro atoms. The van der Waals surface area contributed by atoms with Gasteiger partial charge in [0.05, 0.1) is 0 Å². The topological polar surface area (TPSA) is 72.7 Å². The van der Waals surface area contributed by atoms with Crippen LogP contribution in [0.5, 0.6) is 0 Å². The number of aryl methyl sites for hydroxylation is 2. The summed E-state index contributed by atoms with van der Waals surface area (Å²) in [4.78, 5) is 32.0. The number of hydrogen-bond donors (Lipinski definition) is 1. The summed E-state index contributed by atoms with van der Waals surface area (Å²) in [7, 11) is 1.69. The standard InChI is InChI=1S/C31H56N4O2S/c1-4-6-8-10-12-13-14-15-16-17-18-19-21-23-25-35-27-28(34(3)30(37)33-29(27)36)32-31(35)38-26-24-22-20-11-9-7-5-2/h4-26H2,1-3H3,(H,33,36,37). The van der Waals surface area contributed by atoms with Crippen molar-refractivity contribution in [2.75, 3.05) is 5.75 Å². The highest BCUT2D eigenvalue weighted by Gasteiger charge is 2.17. The number of aromatic nitrogens is 4.